The summed E-state index contributed by atoms with van der Waals surface area (Å²) in [6.07, 6.45) is 4.73. The number of thiazole rings is 1. The minimum Gasteiger partial charge on any atom is -0.497 e. The number of hydrogen-bond acceptors (Lipinski definition) is 5. The van der Waals surface area contributed by atoms with Gasteiger partial charge < -0.3 is 9.47 Å². The summed E-state index contributed by atoms with van der Waals surface area (Å²) in [5, 5.41) is 5.03. The van der Waals surface area contributed by atoms with Crippen LogP contribution in [-0.2, 0) is 4.79 Å². The Morgan fingerprint density at radius 1 is 1.35 bits per heavy atom. The van der Waals surface area contributed by atoms with Gasteiger partial charge in [-0.1, -0.05) is 0 Å². The van der Waals surface area contributed by atoms with Gasteiger partial charge in [0.2, 0.25) is 5.91 Å². The predicted octanol–water partition coefficient (Wildman–Crippen LogP) is 2.81. The smallest absolute Gasteiger partial charge is 0.250 e. The zero-order chi connectivity index (χ0) is 14.4. The number of carbonyl (C=O) groups excluding carboxylic acids is 1. The van der Waals surface area contributed by atoms with Gasteiger partial charge >= 0.3 is 0 Å². The highest BCUT2D eigenvalue weighted by Crippen LogP contribution is 2.25. The van der Waals surface area contributed by atoms with Crippen LogP contribution in [0.4, 0.5) is 5.13 Å². The van der Waals surface area contributed by atoms with Gasteiger partial charge in [0, 0.05) is 23.2 Å². The van der Waals surface area contributed by atoms with Crippen molar-refractivity contribution in [3.63, 3.8) is 0 Å². The molecule has 0 spiro atoms. The molecule has 0 aliphatic rings. The summed E-state index contributed by atoms with van der Waals surface area (Å²) in [5.74, 6) is 1.12. The Kier molecular flexibility index (Phi) is 4.73. The van der Waals surface area contributed by atoms with E-state index >= 15 is 0 Å². The molecule has 0 atom stereocenters. The van der Waals surface area contributed by atoms with Crippen molar-refractivity contribution in [3.05, 3.63) is 41.4 Å². The molecular formula is C14H14N2O3S. The number of amides is 1. The average Bonchev–Trinajstić information content (AvgIpc) is 2.97. The van der Waals surface area contributed by atoms with Crippen molar-refractivity contribution in [2.45, 2.75) is 0 Å². The fourth-order valence-corrected chi connectivity index (χ4v) is 2.10. The van der Waals surface area contributed by atoms with Crippen molar-refractivity contribution in [1.82, 2.24) is 4.98 Å². The van der Waals surface area contributed by atoms with Crippen molar-refractivity contribution in [2.75, 3.05) is 19.5 Å². The van der Waals surface area contributed by atoms with Crippen molar-refractivity contribution < 1.29 is 14.3 Å². The number of carbonyl (C=O) groups is 1. The molecule has 0 bridgehead atoms. The molecule has 2 rings (SSSR count). The molecule has 104 valence electrons. The molecule has 0 saturated heterocycles. The first-order valence-corrected chi connectivity index (χ1v) is 6.71. The second kappa shape index (κ2) is 6.72. The number of nitrogens with zero attached hydrogens (tertiary/aromatic N) is 1. The third-order valence-electron chi connectivity index (χ3n) is 2.51. The first kappa shape index (κ1) is 14.1. The van der Waals surface area contributed by atoms with Gasteiger partial charge in [0.05, 0.1) is 14.2 Å². The van der Waals surface area contributed by atoms with Crippen molar-refractivity contribution in [1.29, 1.82) is 0 Å². The van der Waals surface area contributed by atoms with Crippen LogP contribution in [0.25, 0.3) is 6.08 Å². The van der Waals surface area contributed by atoms with Gasteiger partial charge in [0.1, 0.15) is 11.5 Å². The van der Waals surface area contributed by atoms with E-state index in [0.29, 0.717) is 16.6 Å². The zero-order valence-corrected chi connectivity index (χ0v) is 11.9. The SMILES string of the molecule is COc1ccc(OC)c(C=CC(=O)Nc2nccs2)c1. The molecule has 6 heteroatoms. The van der Waals surface area contributed by atoms with Gasteiger partial charge in [-0.15, -0.1) is 11.3 Å². The Labute approximate surface area is 120 Å². The Morgan fingerprint density at radius 3 is 2.85 bits per heavy atom. The van der Waals surface area contributed by atoms with E-state index in [4.69, 9.17) is 9.47 Å². The van der Waals surface area contributed by atoms with E-state index in [9.17, 15) is 4.79 Å². The first-order chi connectivity index (χ1) is 9.72. The predicted molar refractivity (Wildman–Crippen MR) is 79.3 cm³/mol. The summed E-state index contributed by atoms with van der Waals surface area (Å²) in [6.45, 7) is 0. The second-order valence-corrected chi connectivity index (χ2v) is 4.66. The maximum Gasteiger partial charge on any atom is 0.250 e. The van der Waals surface area contributed by atoms with Crippen LogP contribution in [0, 0.1) is 0 Å². The van der Waals surface area contributed by atoms with Gasteiger partial charge in [-0.2, -0.15) is 0 Å². The van der Waals surface area contributed by atoms with Crippen LogP contribution in [0.15, 0.2) is 35.9 Å². The molecule has 0 aliphatic heterocycles. The van der Waals surface area contributed by atoms with Crippen LogP contribution in [0.2, 0.25) is 0 Å². The van der Waals surface area contributed by atoms with Crippen LogP contribution < -0.4 is 14.8 Å². The van der Waals surface area contributed by atoms with E-state index in [0.717, 1.165) is 5.56 Å². The second-order valence-electron chi connectivity index (χ2n) is 3.77. The lowest BCUT2D eigenvalue weighted by atomic mass is 10.1. The normalized spacial score (nSPS) is 10.5. The van der Waals surface area contributed by atoms with E-state index in [2.05, 4.69) is 10.3 Å². The fraction of sp³-hybridized carbons (Fsp3) is 0.143. The number of rotatable bonds is 5. The summed E-state index contributed by atoms with van der Waals surface area (Å²) < 4.78 is 10.4. The molecule has 2 aromatic rings. The third kappa shape index (κ3) is 3.58. The number of aromatic nitrogens is 1. The number of anilines is 1. The standard InChI is InChI=1S/C14H14N2O3S/c1-18-11-4-5-12(19-2)10(9-11)3-6-13(17)16-14-15-7-8-20-14/h3-9H,1-2H3,(H,15,16,17). The zero-order valence-electron chi connectivity index (χ0n) is 11.1. The van der Waals surface area contributed by atoms with Crippen LogP contribution in [0.5, 0.6) is 11.5 Å². The Morgan fingerprint density at radius 2 is 2.20 bits per heavy atom. The minimum absolute atomic E-state index is 0.246. The molecule has 0 unspecified atom stereocenters. The maximum atomic E-state index is 11.7. The monoisotopic (exact) mass is 290 g/mol. The molecular weight excluding hydrogens is 276 g/mol. The van der Waals surface area contributed by atoms with Gasteiger partial charge in [-0.3, -0.25) is 10.1 Å². The van der Waals surface area contributed by atoms with Crippen LogP contribution in [-0.4, -0.2) is 25.1 Å². The quantitative estimate of drug-likeness (QED) is 0.860. The molecule has 1 N–H and O–H groups in total. The lowest BCUT2D eigenvalue weighted by Gasteiger charge is -2.07. The highest BCUT2D eigenvalue weighted by Gasteiger charge is 2.04. The summed E-state index contributed by atoms with van der Waals surface area (Å²) in [7, 11) is 3.17. The van der Waals surface area contributed by atoms with Crippen molar-refractivity contribution >= 4 is 28.5 Å². The van der Waals surface area contributed by atoms with E-state index < -0.39 is 0 Å². The van der Waals surface area contributed by atoms with Crippen LogP contribution in [0.3, 0.4) is 0 Å². The molecule has 5 nitrogen and oxygen atoms in total. The molecule has 0 fully saturated rings. The van der Waals surface area contributed by atoms with Gasteiger partial charge in [0.25, 0.3) is 0 Å². The molecule has 0 radical (unpaired) electrons. The summed E-state index contributed by atoms with van der Waals surface area (Å²) >= 11 is 1.37. The number of nitrogens with one attached hydrogen (secondary N) is 1. The minimum atomic E-state index is -0.246. The molecule has 1 aromatic heterocycles. The number of methoxy groups -OCH3 is 2. The average molecular weight is 290 g/mol. The third-order valence-corrected chi connectivity index (χ3v) is 3.20. The van der Waals surface area contributed by atoms with Crippen LogP contribution in [0.1, 0.15) is 5.56 Å². The summed E-state index contributed by atoms with van der Waals surface area (Å²) in [4.78, 5) is 15.7. The number of benzene rings is 1. The molecule has 0 aliphatic carbocycles. The van der Waals surface area contributed by atoms with E-state index in [1.807, 2.05) is 0 Å². The Balaban J connectivity index is 2.11. The largest absolute Gasteiger partial charge is 0.497 e. The van der Waals surface area contributed by atoms with Gasteiger partial charge in [-0.25, -0.2) is 4.98 Å². The number of hydrogen-bond donors (Lipinski definition) is 1. The highest BCUT2D eigenvalue weighted by atomic mass is 32.1. The molecule has 1 amide bonds. The molecule has 1 heterocycles. The van der Waals surface area contributed by atoms with E-state index in [-0.39, 0.29) is 5.91 Å². The van der Waals surface area contributed by atoms with Crippen LogP contribution >= 0.6 is 11.3 Å². The van der Waals surface area contributed by atoms with Gasteiger partial charge in [-0.05, 0) is 24.3 Å². The van der Waals surface area contributed by atoms with Gasteiger partial charge in [0.15, 0.2) is 5.13 Å². The molecule has 0 saturated carbocycles. The number of ether oxygens (including phenoxy) is 2. The lowest BCUT2D eigenvalue weighted by molar-refractivity contribution is -0.111. The fourth-order valence-electron chi connectivity index (χ4n) is 1.57. The van der Waals surface area contributed by atoms with Crippen molar-refractivity contribution in [2.24, 2.45) is 0 Å². The first-order valence-electron chi connectivity index (χ1n) is 5.83. The van der Waals surface area contributed by atoms with E-state index in [1.165, 1.54) is 17.4 Å². The highest BCUT2D eigenvalue weighted by molar-refractivity contribution is 7.13. The van der Waals surface area contributed by atoms with E-state index in [1.54, 1.807) is 50.1 Å². The molecule has 1 aromatic carbocycles. The maximum absolute atomic E-state index is 11.7. The summed E-state index contributed by atoms with van der Waals surface area (Å²) in [6, 6.07) is 5.38. The summed E-state index contributed by atoms with van der Waals surface area (Å²) in [5.41, 5.74) is 0.765. The Bertz CT molecular complexity index is 609. The topological polar surface area (TPSA) is 60.5 Å². The Hall–Kier alpha value is -2.34. The molecule has 20 heavy (non-hydrogen) atoms. The van der Waals surface area contributed by atoms with Crippen molar-refractivity contribution in [3.8, 4) is 11.5 Å². The lowest BCUT2D eigenvalue weighted by Crippen LogP contribution is -2.07.